The summed E-state index contributed by atoms with van der Waals surface area (Å²) < 4.78 is 0. The van der Waals surface area contributed by atoms with Crippen molar-refractivity contribution in [3.05, 3.63) is 0 Å². The quantitative estimate of drug-likeness (QED) is 0.316. The van der Waals surface area contributed by atoms with E-state index in [0.29, 0.717) is 0 Å². The summed E-state index contributed by atoms with van der Waals surface area (Å²) >= 11 is 10.2. The maximum atomic E-state index is 8.78. The third-order valence-electron chi connectivity index (χ3n) is 1.26. The standard InChI is InChI=1S/2C4H9S.CH3NO2.Ni/c2*1-2-3-4-5;2-1(3)4;/h2*5H,1-4H2;2H2,(H,3,4);. The van der Waals surface area contributed by atoms with Gasteiger partial charge >= 0.3 is 93.8 Å². The van der Waals surface area contributed by atoms with Gasteiger partial charge in [-0.1, -0.05) is 0 Å². The van der Waals surface area contributed by atoms with E-state index < -0.39 is 6.09 Å². The van der Waals surface area contributed by atoms with E-state index in [1.807, 2.05) is 14.4 Å². The van der Waals surface area contributed by atoms with Crippen LogP contribution in [0.15, 0.2) is 0 Å². The first-order valence-electron chi connectivity index (χ1n) is 4.80. The molecule has 0 radical (unpaired) electrons. The first-order chi connectivity index (χ1) is 7.15. The van der Waals surface area contributed by atoms with E-state index in [9.17, 15) is 0 Å². The SMILES string of the molecule is NC(=O)O.SCCC[CH2][Ni][CH2]CCCS. The van der Waals surface area contributed by atoms with Crippen LogP contribution in [0.1, 0.15) is 25.7 Å². The van der Waals surface area contributed by atoms with E-state index in [4.69, 9.17) is 9.90 Å². The molecule has 0 heterocycles. The number of hydrogen-bond acceptors (Lipinski definition) is 3. The Hall–Kier alpha value is 0.464. The zero-order chi connectivity index (χ0) is 11.9. The molecule has 0 saturated carbocycles. The van der Waals surface area contributed by atoms with Crippen LogP contribution in [0.4, 0.5) is 4.79 Å². The predicted octanol–water partition coefficient (Wildman–Crippen LogP) is 2.95. The van der Waals surface area contributed by atoms with Gasteiger partial charge in [0.2, 0.25) is 0 Å². The summed E-state index contributed by atoms with van der Waals surface area (Å²) in [6, 6.07) is 0. The number of amides is 1. The van der Waals surface area contributed by atoms with Crippen molar-refractivity contribution in [2.75, 3.05) is 11.5 Å². The van der Waals surface area contributed by atoms with Crippen LogP contribution in [0, 0.1) is 0 Å². The molecule has 1 amide bonds. The number of hydrogen-bond donors (Lipinski definition) is 4. The summed E-state index contributed by atoms with van der Waals surface area (Å²) in [7, 11) is 0. The Kier molecular flexibility index (Phi) is 20.1. The fraction of sp³-hybridized carbons (Fsp3) is 0.889. The zero-order valence-electron chi connectivity index (χ0n) is 8.80. The monoisotopic (exact) mass is 297 g/mol. The van der Waals surface area contributed by atoms with Gasteiger partial charge in [0.05, 0.1) is 0 Å². The number of carbonyl (C=O) groups is 1. The van der Waals surface area contributed by atoms with Gasteiger partial charge in [0.25, 0.3) is 0 Å². The molecule has 15 heavy (non-hydrogen) atoms. The van der Waals surface area contributed by atoms with Crippen LogP contribution in [-0.2, 0) is 14.4 Å². The van der Waals surface area contributed by atoms with Gasteiger partial charge < -0.3 is 10.8 Å². The number of carboxylic acid groups (broad SMARTS) is 1. The third kappa shape index (κ3) is 31.4. The van der Waals surface area contributed by atoms with Crippen LogP contribution in [0.3, 0.4) is 0 Å². The molecule has 0 atom stereocenters. The van der Waals surface area contributed by atoms with Crippen LogP contribution in [0.5, 0.6) is 0 Å². The Labute approximate surface area is 109 Å². The molecule has 0 bridgehead atoms. The first kappa shape index (κ1) is 17.8. The summed E-state index contributed by atoms with van der Waals surface area (Å²) in [5.41, 5.74) is 4.03. The Morgan fingerprint density at radius 3 is 1.67 bits per heavy atom. The molecule has 0 aliphatic rings. The van der Waals surface area contributed by atoms with Gasteiger partial charge in [-0.05, 0) is 0 Å². The molecule has 0 saturated heterocycles. The minimum absolute atomic E-state index is 1.04. The fourth-order valence-corrected chi connectivity index (χ4v) is 2.30. The van der Waals surface area contributed by atoms with Crippen molar-refractivity contribution in [1.29, 1.82) is 0 Å². The van der Waals surface area contributed by atoms with Crippen molar-refractivity contribution in [2.24, 2.45) is 5.73 Å². The van der Waals surface area contributed by atoms with E-state index in [1.165, 1.54) is 36.5 Å². The summed E-state index contributed by atoms with van der Waals surface area (Å²) in [6.07, 6.45) is 3.89. The van der Waals surface area contributed by atoms with Crippen molar-refractivity contribution >= 4 is 31.4 Å². The summed E-state index contributed by atoms with van der Waals surface area (Å²) in [4.78, 5) is 8.78. The fourth-order valence-electron chi connectivity index (χ4n) is 0.619. The van der Waals surface area contributed by atoms with Gasteiger partial charge in [-0.3, -0.25) is 0 Å². The van der Waals surface area contributed by atoms with Crippen LogP contribution < -0.4 is 5.73 Å². The van der Waals surface area contributed by atoms with Crippen LogP contribution >= 0.6 is 25.3 Å². The Morgan fingerprint density at radius 2 is 1.40 bits per heavy atom. The second kappa shape index (κ2) is 16.9. The number of thiol groups is 2. The molecule has 0 aromatic carbocycles. The van der Waals surface area contributed by atoms with E-state index in [1.54, 1.807) is 0 Å². The first-order valence-corrected chi connectivity index (χ1v) is 7.46. The van der Waals surface area contributed by atoms with Gasteiger partial charge in [-0.15, -0.1) is 0 Å². The van der Waals surface area contributed by atoms with Gasteiger partial charge in [-0.2, -0.15) is 0 Å². The molecule has 0 aromatic heterocycles. The van der Waals surface area contributed by atoms with Crippen molar-refractivity contribution in [2.45, 2.75) is 36.5 Å². The second-order valence-electron chi connectivity index (χ2n) is 2.67. The normalized spacial score (nSPS) is 9.47. The average molecular weight is 298 g/mol. The number of primary amides is 1. The van der Waals surface area contributed by atoms with E-state index in [2.05, 4.69) is 31.0 Å². The molecular formula is C9H21NNiO2S2. The molecule has 96 valence electrons. The number of rotatable bonds is 8. The van der Waals surface area contributed by atoms with Crippen molar-refractivity contribution < 1.29 is 24.3 Å². The number of unbranched alkanes of at least 4 members (excludes halogenated alkanes) is 2. The van der Waals surface area contributed by atoms with Crippen LogP contribution in [0.25, 0.3) is 0 Å². The molecule has 3 N–H and O–H groups in total. The van der Waals surface area contributed by atoms with E-state index >= 15 is 0 Å². The molecule has 0 aliphatic heterocycles. The molecule has 0 fully saturated rings. The summed E-state index contributed by atoms with van der Waals surface area (Å²) in [5, 5.41) is 9.86. The Balaban J connectivity index is 0. The van der Waals surface area contributed by atoms with Crippen LogP contribution in [-0.4, -0.2) is 22.7 Å². The maximum absolute atomic E-state index is 8.78. The third-order valence-corrected chi connectivity index (χ3v) is 3.29. The molecule has 0 unspecified atom stereocenters. The van der Waals surface area contributed by atoms with Crippen molar-refractivity contribution in [3.63, 3.8) is 0 Å². The zero-order valence-corrected chi connectivity index (χ0v) is 11.6. The van der Waals surface area contributed by atoms with Crippen molar-refractivity contribution in [3.8, 4) is 0 Å². The van der Waals surface area contributed by atoms with Gasteiger partial charge in [0.15, 0.2) is 0 Å². The van der Waals surface area contributed by atoms with Gasteiger partial charge in [0.1, 0.15) is 0 Å². The van der Waals surface area contributed by atoms with Crippen LogP contribution in [0.2, 0.25) is 10.8 Å². The minimum atomic E-state index is -1.33. The average Bonchev–Trinajstić information content (AvgIpc) is 2.16. The summed E-state index contributed by atoms with van der Waals surface area (Å²) in [6.45, 7) is 0. The Morgan fingerprint density at radius 1 is 1.07 bits per heavy atom. The second-order valence-corrected chi connectivity index (χ2v) is 5.05. The molecule has 0 spiro atoms. The Bertz CT molecular complexity index is 127. The molecule has 0 rings (SSSR count). The topological polar surface area (TPSA) is 63.3 Å². The van der Waals surface area contributed by atoms with Gasteiger partial charge in [-0.25, -0.2) is 4.79 Å². The molecule has 3 nitrogen and oxygen atoms in total. The molecular weight excluding hydrogens is 277 g/mol. The predicted molar refractivity (Wildman–Crippen MR) is 68.0 cm³/mol. The molecule has 0 aliphatic carbocycles. The molecule has 0 aromatic rings. The number of nitrogens with two attached hydrogens (primary N) is 1. The van der Waals surface area contributed by atoms with E-state index in [-0.39, 0.29) is 0 Å². The van der Waals surface area contributed by atoms with Crippen molar-refractivity contribution in [1.82, 2.24) is 0 Å². The summed E-state index contributed by atoms with van der Waals surface area (Å²) in [5.74, 6) is 2.08. The molecule has 6 heteroatoms. The van der Waals surface area contributed by atoms with E-state index in [0.717, 1.165) is 11.5 Å². The van der Waals surface area contributed by atoms with Gasteiger partial charge in [0, 0.05) is 0 Å².